The van der Waals surface area contributed by atoms with Gasteiger partial charge in [-0.2, -0.15) is 0 Å². The molecule has 0 saturated carbocycles. The molecule has 1 aliphatic carbocycles. The Morgan fingerprint density at radius 1 is 1.11 bits per heavy atom. The number of carboxylic acids is 1. The molecular formula is C21H24N2O4. The Morgan fingerprint density at radius 3 is 2.63 bits per heavy atom. The lowest BCUT2D eigenvalue weighted by atomic mass is 10.0. The molecule has 0 fully saturated rings. The number of hydrogen-bond acceptors (Lipinski definition) is 3. The van der Waals surface area contributed by atoms with E-state index in [1.54, 1.807) is 12.1 Å². The molecule has 2 unspecified atom stereocenters. The van der Waals surface area contributed by atoms with Crippen molar-refractivity contribution in [3.63, 3.8) is 0 Å². The third-order valence-electron chi connectivity index (χ3n) is 4.92. The van der Waals surface area contributed by atoms with Crippen LogP contribution in [0.2, 0.25) is 0 Å². The number of rotatable bonds is 7. The first-order valence-electron chi connectivity index (χ1n) is 9.16. The van der Waals surface area contributed by atoms with Crippen LogP contribution in [0.4, 0.5) is 4.79 Å². The number of carboxylic acid groups (broad SMARTS) is 1. The second-order valence-corrected chi connectivity index (χ2v) is 6.87. The van der Waals surface area contributed by atoms with Crippen LogP contribution in [0.1, 0.15) is 42.0 Å². The molecule has 142 valence electrons. The van der Waals surface area contributed by atoms with Crippen LogP contribution in [-0.2, 0) is 17.6 Å². The van der Waals surface area contributed by atoms with Crippen LogP contribution < -0.4 is 10.6 Å². The Morgan fingerprint density at radius 2 is 1.89 bits per heavy atom. The average molecular weight is 368 g/mol. The lowest BCUT2D eigenvalue weighted by Crippen LogP contribution is -2.44. The molecule has 0 aliphatic heterocycles. The van der Waals surface area contributed by atoms with Gasteiger partial charge in [0.25, 0.3) is 0 Å². The van der Waals surface area contributed by atoms with E-state index in [9.17, 15) is 14.7 Å². The van der Waals surface area contributed by atoms with E-state index < -0.39 is 5.97 Å². The van der Waals surface area contributed by atoms with Crippen LogP contribution in [0.5, 0.6) is 5.75 Å². The van der Waals surface area contributed by atoms with E-state index in [-0.39, 0.29) is 30.3 Å². The highest BCUT2D eigenvalue weighted by Crippen LogP contribution is 2.36. The summed E-state index contributed by atoms with van der Waals surface area (Å²) in [7, 11) is 0. The zero-order valence-corrected chi connectivity index (χ0v) is 15.0. The zero-order chi connectivity index (χ0) is 19.2. The number of phenolic OH excluding ortho intramolecular Hbond substituents is 1. The van der Waals surface area contributed by atoms with Crippen LogP contribution in [0.15, 0.2) is 48.5 Å². The molecule has 2 atom stereocenters. The monoisotopic (exact) mass is 368 g/mol. The molecule has 0 aromatic heterocycles. The van der Waals surface area contributed by atoms with Crippen molar-refractivity contribution >= 4 is 12.0 Å². The molecule has 0 bridgehead atoms. The normalized spacial score (nSPS) is 16.4. The van der Waals surface area contributed by atoms with Gasteiger partial charge in [-0.05, 0) is 48.4 Å². The van der Waals surface area contributed by atoms with Crippen molar-refractivity contribution in [2.75, 3.05) is 0 Å². The molecule has 2 aromatic carbocycles. The molecule has 6 heteroatoms. The van der Waals surface area contributed by atoms with Gasteiger partial charge in [0.15, 0.2) is 0 Å². The van der Waals surface area contributed by atoms with Crippen molar-refractivity contribution in [2.45, 2.75) is 44.2 Å². The van der Waals surface area contributed by atoms with Gasteiger partial charge in [-0.25, -0.2) is 4.79 Å². The number of aromatic hydroxyl groups is 1. The van der Waals surface area contributed by atoms with Gasteiger partial charge in [-0.3, -0.25) is 4.79 Å². The first-order chi connectivity index (χ1) is 13.0. The van der Waals surface area contributed by atoms with E-state index in [0.29, 0.717) is 12.8 Å². The maximum absolute atomic E-state index is 12.5. The maximum Gasteiger partial charge on any atom is 0.315 e. The lowest BCUT2D eigenvalue weighted by molar-refractivity contribution is -0.137. The molecular weight excluding hydrogens is 344 g/mol. The SMILES string of the molecule is O=C(O)CCC(Cc1ccccc1)NC(=O)NC1CCc2c(O)cccc21. The molecule has 4 N–H and O–H groups in total. The van der Waals surface area contributed by atoms with Crippen LogP contribution in [0.25, 0.3) is 0 Å². The highest BCUT2D eigenvalue weighted by Gasteiger charge is 2.26. The second kappa shape index (κ2) is 8.58. The highest BCUT2D eigenvalue weighted by atomic mass is 16.4. The fourth-order valence-electron chi connectivity index (χ4n) is 3.59. The predicted molar refractivity (Wildman–Crippen MR) is 102 cm³/mol. The minimum atomic E-state index is -0.879. The Balaban J connectivity index is 1.62. The standard InChI is InChI=1S/C21H24N2O4/c24-19-8-4-7-16-17(19)10-11-18(16)23-21(27)22-15(9-12-20(25)26)13-14-5-2-1-3-6-14/h1-8,15,18,24H,9-13H2,(H,25,26)(H2,22,23,27). The summed E-state index contributed by atoms with van der Waals surface area (Å²) in [5.41, 5.74) is 2.87. The topological polar surface area (TPSA) is 98.7 Å². The largest absolute Gasteiger partial charge is 0.508 e. The Labute approximate surface area is 158 Å². The smallest absolute Gasteiger partial charge is 0.315 e. The van der Waals surface area contributed by atoms with Gasteiger partial charge in [-0.1, -0.05) is 42.5 Å². The number of nitrogens with one attached hydrogen (secondary N) is 2. The van der Waals surface area contributed by atoms with Gasteiger partial charge >= 0.3 is 12.0 Å². The number of amides is 2. The molecule has 0 saturated heterocycles. The summed E-state index contributed by atoms with van der Waals surface area (Å²) in [5, 5.41) is 24.8. The Kier molecular flexibility index (Phi) is 5.96. The third kappa shape index (κ3) is 5.00. The third-order valence-corrected chi connectivity index (χ3v) is 4.92. The number of fused-ring (bicyclic) bond motifs is 1. The predicted octanol–water partition coefficient (Wildman–Crippen LogP) is 3.15. The molecule has 0 radical (unpaired) electrons. The van der Waals surface area contributed by atoms with E-state index in [4.69, 9.17) is 5.11 Å². The number of aliphatic carboxylic acids is 1. The van der Waals surface area contributed by atoms with Gasteiger partial charge < -0.3 is 20.8 Å². The van der Waals surface area contributed by atoms with Gasteiger partial charge in [0.1, 0.15) is 5.75 Å². The number of hydrogen-bond donors (Lipinski definition) is 4. The van der Waals surface area contributed by atoms with Crippen LogP contribution in [0, 0.1) is 0 Å². The zero-order valence-electron chi connectivity index (χ0n) is 15.0. The van der Waals surface area contributed by atoms with Gasteiger partial charge in [0.05, 0.1) is 6.04 Å². The molecule has 3 rings (SSSR count). The summed E-state index contributed by atoms with van der Waals surface area (Å²) in [6, 6.07) is 14.3. The van der Waals surface area contributed by atoms with E-state index >= 15 is 0 Å². The van der Waals surface area contributed by atoms with Crippen molar-refractivity contribution in [3.05, 3.63) is 65.2 Å². The van der Waals surface area contributed by atoms with Crippen LogP contribution in [-0.4, -0.2) is 28.3 Å². The van der Waals surface area contributed by atoms with Gasteiger partial charge in [0.2, 0.25) is 0 Å². The molecule has 6 nitrogen and oxygen atoms in total. The first kappa shape index (κ1) is 18.8. The number of phenols is 1. The van der Waals surface area contributed by atoms with Gasteiger partial charge in [0, 0.05) is 12.5 Å². The molecule has 27 heavy (non-hydrogen) atoms. The summed E-state index contributed by atoms with van der Waals surface area (Å²) >= 11 is 0. The van der Waals surface area contributed by atoms with E-state index in [2.05, 4.69) is 10.6 Å². The van der Waals surface area contributed by atoms with E-state index in [1.807, 2.05) is 36.4 Å². The van der Waals surface area contributed by atoms with Crippen molar-refractivity contribution in [3.8, 4) is 5.75 Å². The minimum Gasteiger partial charge on any atom is -0.508 e. The van der Waals surface area contributed by atoms with Crippen molar-refractivity contribution in [1.29, 1.82) is 0 Å². The summed E-state index contributed by atoms with van der Waals surface area (Å²) in [6.07, 6.45) is 2.39. The Bertz CT molecular complexity index is 807. The molecule has 0 heterocycles. The van der Waals surface area contributed by atoms with E-state index in [0.717, 1.165) is 29.5 Å². The summed E-state index contributed by atoms with van der Waals surface area (Å²) in [5.74, 6) is -0.615. The quantitative estimate of drug-likeness (QED) is 0.603. The maximum atomic E-state index is 12.5. The summed E-state index contributed by atoms with van der Waals surface area (Å²) in [6.45, 7) is 0. The molecule has 2 amide bonds. The molecule has 1 aliphatic rings. The van der Waals surface area contributed by atoms with E-state index in [1.165, 1.54) is 0 Å². The van der Waals surface area contributed by atoms with Crippen molar-refractivity contribution in [2.24, 2.45) is 0 Å². The second-order valence-electron chi connectivity index (χ2n) is 6.87. The van der Waals surface area contributed by atoms with Gasteiger partial charge in [-0.15, -0.1) is 0 Å². The number of carbonyl (C=O) groups is 2. The number of urea groups is 1. The molecule has 0 spiro atoms. The van der Waals surface area contributed by atoms with Crippen molar-refractivity contribution < 1.29 is 19.8 Å². The number of benzene rings is 2. The minimum absolute atomic E-state index is 0.00207. The summed E-state index contributed by atoms with van der Waals surface area (Å²) in [4.78, 5) is 23.4. The molecule has 2 aromatic rings. The number of carbonyl (C=O) groups excluding carboxylic acids is 1. The highest BCUT2D eigenvalue weighted by molar-refractivity contribution is 5.75. The van der Waals surface area contributed by atoms with Crippen molar-refractivity contribution in [1.82, 2.24) is 10.6 Å². The fraction of sp³-hybridized carbons (Fsp3) is 0.333. The first-order valence-corrected chi connectivity index (χ1v) is 9.16. The summed E-state index contributed by atoms with van der Waals surface area (Å²) < 4.78 is 0. The van der Waals surface area contributed by atoms with Crippen LogP contribution >= 0.6 is 0 Å². The lowest BCUT2D eigenvalue weighted by Gasteiger charge is -2.21. The fourth-order valence-corrected chi connectivity index (χ4v) is 3.59. The Hall–Kier alpha value is -3.02. The average Bonchev–Trinajstić information content (AvgIpc) is 3.05. The van der Waals surface area contributed by atoms with Crippen LogP contribution in [0.3, 0.4) is 0 Å².